The van der Waals surface area contributed by atoms with Crippen molar-refractivity contribution in [2.24, 2.45) is 0 Å². The molecule has 1 unspecified atom stereocenters. The number of fused-ring (bicyclic) bond motifs is 2. The number of thiophene rings is 1. The average molecular weight is 440 g/mol. The Hall–Kier alpha value is -2.45. The van der Waals surface area contributed by atoms with Crippen LogP contribution in [0.25, 0.3) is 21.1 Å². The van der Waals surface area contributed by atoms with Crippen molar-refractivity contribution in [1.29, 1.82) is 0 Å². The number of benzene rings is 1. The minimum atomic E-state index is -0.0969. The number of para-hydroxylation sites is 1. The maximum atomic E-state index is 13.1. The Labute approximate surface area is 183 Å². The van der Waals surface area contributed by atoms with Gasteiger partial charge < -0.3 is 5.73 Å². The largest absolute Gasteiger partial charge is 0.383 e. The molecule has 4 aromatic rings. The number of nitrogens with two attached hydrogens (primary N) is 1. The molecule has 0 fully saturated rings. The lowest BCUT2D eigenvalue weighted by Gasteiger charge is -2.16. The third-order valence-electron chi connectivity index (χ3n) is 5.28. The lowest BCUT2D eigenvalue weighted by Crippen LogP contribution is -2.23. The molecule has 0 radical (unpaired) electrons. The van der Waals surface area contributed by atoms with Gasteiger partial charge in [-0.15, -0.1) is 11.3 Å². The van der Waals surface area contributed by atoms with Crippen molar-refractivity contribution in [3.8, 4) is 0 Å². The second-order valence-electron chi connectivity index (χ2n) is 7.41. The highest BCUT2D eigenvalue weighted by molar-refractivity contribution is 7.99. The number of nitrogens with zero attached hydrogens (tertiary/aromatic N) is 4. The van der Waals surface area contributed by atoms with E-state index >= 15 is 0 Å². The van der Waals surface area contributed by atoms with Gasteiger partial charge in [-0.1, -0.05) is 37.2 Å². The number of thioether (sulfide) groups is 1. The first-order chi connectivity index (χ1) is 14.4. The molecule has 3 aromatic heterocycles. The standard InChI is InChI=1S/C22H25N5OS2/c1-5-6-11-27-21(28)15-9-7-8-10-16(15)24-22(27)30-14(4)19-25-18(23)17-12(2)13(3)29-20(17)26-19/h7-10,14H,5-6,11H2,1-4H3,(H2,23,25,26). The Morgan fingerprint density at radius 1 is 1.20 bits per heavy atom. The molecule has 3 heterocycles. The Balaban J connectivity index is 1.76. The number of nitrogen functional groups attached to an aromatic ring is 1. The molecule has 30 heavy (non-hydrogen) atoms. The fourth-order valence-electron chi connectivity index (χ4n) is 3.44. The third kappa shape index (κ3) is 3.70. The monoisotopic (exact) mass is 439 g/mol. The van der Waals surface area contributed by atoms with Gasteiger partial charge in [0.05, 0.1) is 21.5 Å². The normalized spacial score (nSPS) is 12.7. The molecule has 0 saturated heterocycles. The van der Waals surface area contributed by atoms with E-state index < -0.39 is 0 Å². The second-order valence-corrected chi connectivity index (χ2v) is 9.92. The highest BCUT2D eigenvalue weighted by Crippen LogP contribution is 2.37. The number of rotatable bonds is 6. The molecule has 0 spiro atoms. The van der Waals surface area contributed by atoms with Crippen LogP contribution in [0.15, 0.2) is 34.2 Å². The van der Waals surface area contributed by atoms with Crippen molar-refractivity contribution in [2.75, 3.05) is 5.73 Å². The first-order valence-corrected chi connectivity index (χ1v) is 11.8. The molecule has 0 amide bonds. The van der Waals surface area contributed by atoms with Crippen LogP contribution < -0.4 is 11.3 Å². The lowest BCUT2D eigenvalue weighted by atomic mass is 10.2. The minimum absolute atomic E-state index is 0.00383. The van der Waals surface area contributed by atoms with Gasteiger partial charge >= 0.3 is 0 Å². The summed E-state index contributed by atoms with van der Waals surface area (Å²) >= 11 is 3.15. The predicted octanol–water partition coefficient (Wildman–Crippen LogP) is 5.25. The zero-order valence-electron chi connectivity index (χ0n) is 17.6. The van der Waals surface area contributed by atoms with Crippen molar-refractivity contribution in [3.63, 3.8) is 0 Å². The van der Waals surface area contributed by atoms with Crippen molar-refractivity contribution in [3.05, 3.63) is 50.9 Å². The van der Waals surface area contributed by atoms with Gasteiger partial charge in [0.1, 0.15) is 16.5 Å². The number of hydrogen-bond donors (Lipinski definition) is 1. The summed E-state index contributed by atoms with van der Waals surface area (Å²) in [6.45, 7) is 8.92. The van der Waals surface area contributed by atoms with Gasteiger partial charge in [0.15, 0.2) is 5.16 Å². The molecule has 6 nitrogen and oxygen atoms in total. The molecule has 0 aliphatic heterocycles. The van der Waals surface area contributed by atoms with Crippen LogP contribution in [0.1, 0.15) is 48.2 Å². The van der Waals surface area contributed by atoms with E-state index in [1.807, 2.05) is 31.2 Å². The molecule has 0 aliphatic rings. The van der Waals surface area contributed by atoms with Crippen molar-refractivity contribution < 1.29 is 0 Å². The molecule has 8 heteroatoms. The van der Waals surface area contributed by atoms with E-state index in [1.165, 1.54) is 16.6 Å². The topological polar surface area (TPSA) is 86.7 Å². The molecule has 1 aromatic carbocycles. The number of anilines is 1. The highest BCUT2D eigenvalue weighted by atomic mass is 32.2. The van der Waals surface area contributed by atoms with Crippen molar-refractivity contribution >= 4 is 50.0 Å². The van der Waals surface area contributed by atoms with Gasteiger partial charge in [0.2, 0.25) is 0 Å². The number of aryl methyl sites for hydroxylation is 2. The second kappa shape index (κ2) is 8.35. The summed E-state index contributed by atoms with van der Waals surface area (Å²) in [6.07, 6.45) is 1.93. The maximum absolute atomic E-state index is 13.1. The van der Waals surface area contributed by atoms with Crippen LogP contribution in [0.5, 0.6) is 0 Å². The Bertz CT molecular complexity index is 1290. The average Bonchev–Trinajstić information content (AvgIpc) is 3.02. The quantitative estimate of drug-likeness (QED) is 0.326. The summed E-state index contributed by atoms with van der Waals surface area (Å²) in [5.41, 5.74) is 8.13. The van der Waals surface area contributed by atoms with E-state index in [2.05, 4.69) is 25.8 Å². The summed E-state index contributed by atoms with van der Waals surface area (Å²) in [7, 11) is 0. The third-order valence-corrected chi connectivity index (χ3v) is 7.47. The SMILES string of the molecule is CCCCn1c(SC(C)c2nc(N)c3c(C)c(C)sc3n2)nc2ccccc2c1=O. The van der Waals surface area contributed by atoms with Crippen molar-refractivity contribution in [1.82, 2.24) is 19.5 Å². The van der Waals surface area contributed by atoms with Gasteiger partial charge in [-0.05, 0) is 44.9 Å². The maximum Gasteiger partial charge on any atom is 0.262 e. The molecule has 0 aliphatic carbocycles. The minimum Gasteiger partial charge on any atom is -0.383 e. The molecule has 2 N–H and O–H groups in total. The number of unbranched alkanes of at least 4 members (excludes halogenated alkanes) is 1. The molecule has 1 atom stereocenters. The van der Waals surface area contributed by atoms with Gasteiger partial charge in [0.25, 0.3) is 5.56 Å². The van der Waals surface area contributed by atoms with Crippen LogP contribution in [-0.2, 0) is 6.54 Å². The molecule has 156 valence electrons. The number of hydrogen-bond acceptors (Lipinski definition) is 7. The smallest absolute Gasteiger partial charge is 0.262 e. The van der Waals surface area contributed by atoms with Gasteiger partial charge in [-0.3, -0.25) is 9.36 Å². The summed E-state index contributed by atoms with van der Waals surface area (Å²) in [6, 6.07) is 7.50. The van der Waals surface area contributed by atoms with E-state index in [9.17, 15) is 4.79 Å². The predicted molar refractivity (Wildman–Crippen MR) is 126 cm³/mol. The van der Waals surface area contributed by atoms with Crippen LogP contribution >= 0.6 is 23.1 Å². The van der Waals surface area contributed by atoms with Gasteiger partial charge in [0, 0.05) is 11.4 Å². The fourth-order valence-corrected chi connectivity index (χ4v) is 5.47. The van der Waals surface area contributed by atoms with E-state index in [-0.39, 0.29) is 10.8 Å². The van der Waals surface area contributed by atoms with Crippen LogP contribution in [0.2, 0.25) is 0 Å². The zero-order valence-corrected chi connectivity index (χ0v) is 19.2. The Morgan fingerprint density at radius 3 is 2.73 bits per heavy atom. The molecule has 0 bridgehead atoms. The van der Waals surface area contributed by atoms with Gasteiger partial charge in [-0.25, -0.2) is 15.0 Å². The molecule has 4 rings (SSSR count). The first-order valence-electron chi connectivity index (χ1n) is 10.1. The molecule has 0 saturated carbocycles. The van der Waals surface area contributed by atoms with E-state index in [0.29, 0.717) is 34.2 Å². The molecular formula is C22H25N5OS2. The summed E-state index contributed by atoms with van der Waals surface area (Å²) in [5, 5.41) is 2.19. The van der Waals surface area contributed by atoms with E-state index in [0.717, 1.165) is 28.6 Å². The lowest BCUT2D eigenvalue weighted by molar-refractivity contribution is 0.557. The Kier molecular flexibility index (Phi) is 5.79. The number of aromatic nitrogens is 4. The van der Waals surface area contributed by atoms with Crippen LogP contribution in [0.4, 0.5) is 5.82 Å². The van der Waals surface area contributed by atoms with E-state index in [1.54, 1.807) is 15.9 Å². The van der Waals surface area contributed by atoms with Crippen LogP contribution in [0, 0.1) is 13.8 Å². The van der Waals surface area contributed by atoms with Crippen LogP contribution in [0.3, 0.4) is 0 Å². The van der Waals surface area contributed by atoms with Crippen LogP contribution in [-0.4, -0.2) is 19.5 Å². The Morgan fingerprint density at radius 2 is 1.97 bits per heavy atom. The fraction of sp³-hybridized carbons (Fsp3) is 0.364. The van der Waals surface area contributed by atoms with Gasteiger partial charge in [-0.2, -0.15) is 0 Å². The highest BCUT2D eigenvalue weighted by Gasteiger charge is 2.20. The molecular weight excluding hydrogens is 414 g/mol. The summed E-state index contributed by atoms with van der Waals surface area (Å²) < 4.78 is 1.79. The van der Waals surface area contributed by atoms with E-state index in [4.69, 9.17) is 15.7 Å². The summed E-state index contributed by atoms with van der Waals surface area (Å²) in [5.74, 6) is 1.18. The summed E-state index contributed by atoms with van der Waals surface area (Å²) in [4.78, 5) is 29.4. The zero-order chi connectivity index (χ0) is 21.4. The van der Waals surface area contributed by atoms with Crippen molar-refractivity contribution in [2.45, 2.75) is 57.5 Å². The first kappa shape index (κ1) is 20.8.